The van der Waals surface area contributed by atoms with Crippen molar-refractivity contribution in [1.82, 2.24) is 9.88 Å². The molecule has 9 heteroatoms. The van der Waals surface area contributed by atoms with Gasteiger partial charge in [-0.05, 0) is 50.6 Å². The summed E-state index contributed by atoms with van der Waals surface area (Å²) in [5.41, 5.74) is 1.50. The Hall–Kier alpha value is -2.94. The SMILES string of the molecule is COC(=O)c1c(C)[nH]c(C(=O)C(C)OC(=O)C2CCCN(C(=O)c3cccs3)C2)c1C. The van der Waals surface area contributed by atoms with Crippen LogP contribution in [-0.2, 0) is 14.3 Å². The molecule has 2 unspecified atom stereocenters. The third-order valence-corrected chi connectivity index (χ3v) is 6.37. The van der Waals surface area contributed by atoms with Crippen molar-refractivity contribution in [3.8, 4) is 0 Å². The maximum Gasteiger partial charge on any atom is 0.339 e. The van der Waals surface area contributed by atoms with Gasteiger partial charge in [0.1, 0.15) is 0 Å². The molecule has 0 saturated carbocycles. The standard InChI is InChI=1S/C22H26N2O6S/c1-12-17(22(28)29-4)13(2)23-18(12)19(25)14(3)30-21(27)15-7-5-9-24(11-15)20(26)16-8-6-10-31-16/h6,8,10,14-15,23H,5,7,9,11H2,1-4H3. The molecule has 1 saturated heterocycles. The lowest BCUT2D eigenvalue weighted by Crippen LogP contribution is -2.43. The number of nitrogens with zero attached hydrogens (tertiary/aromatic N) is 1. The second-order valence-electron chi connectivity index (χ2n) is 7.63. The molecular weight excluding hydrogens is 420 g/mol. The molecule has 0 aliphatic carbocycles. The summed E-state index contributed by atoms with van der Waals surface area (Å²) in [5, 5.41) is 1.84. The summed E-state index contributed by atoms with van der Waals surface area (Å²) >= 11 is 1.37. The van der Waals surface area contributed by atoms with Crippen LogP contribution in [0.5, 0.6) is 0 Å². The van der Waals surface area contributed by atoms with Crippen molar-refractivity contribution in [2.24, 2.45) is 5.92 Å². The molecule has 166 valence electrons. The highest BCUT2D eigenvalue weighted by Crippen LogP contribution is 2.24. The van der Waals surface area contributed by atoms with Crippen LogP contribution in [0.25, 0.3) is 0 Å². The number of likely N-dealkylation sites (tertiary alicyclic amines) is 1. The van der Waals surface area contributed by atoms with E-state index < -0.39 is 29.7 Å². The number of ketones is 1. The average Bonchev–Trinajstić information content (AvgIpc) is 3.40. The van der Waals surface area contributed by atoms with Gasteiger partial charge in [0.25, 0.3) is 5.91 Å². The molecule has 0 bridgehead atoms. The summed E-state index contributed by atoms with van der Waals surface area (Å²) in [6.45, 7) is 5.68. The van der Waals surface area contributed by atoms with Crippen LogP contribution in [0.3, 0.4) is 0 Å². The van der Waals surface area contributed by atoms with Gasteiger partial charge in [0.15, 0.2) is 6.10 Å². The molecule has 0 spiro atoms. The number of aromatic amines is 1. The largest absolute Gasteiger partial charge is 0.465 e. The van der Waals surface area contributed by atoms with E-state index in [1.165, 1.54) is 25.4 Å². The summed E-state index contributed by atoms with van der Waals surface area (Å²) in [7, 11) is 1.27. The van der Waals surface area contributed by atoms with Crippen molar-refractivity contribution in [3.63, 3.8) is 0 Å². The Morgan fingerprint density at radius 1 is 1.26 bits per heavy atom. The molecule has 0 radical (unpaired) electrons. The quantitative estimate of drug-likeness (QED) is 0.540. The van der Waals surface area contributed by atoms with E-state index in [0.29, 0.717) is 41.1 Å². The number of aryl methyl sites for hydroxylation is 1. The van der Waals surface area contributed by atoms with Crippen LogP contribution in [-0.4, -0.2) is 59.8 Å². The number of H-pyrrole nitrogens is 1. The van der Waals surface area contributed by atoms with E-state index in [1.54, 1.807) is 24.8 Å². The van der Waals surface area contributed by atoms with Crippen molar-refractivity contribution in [3.05, 3.63) is 44.9 Å². The third-order valence-electron chi connectivity index (χ3n) is 5.51. The van der Waals surface area contributed by atoms with E-state index in [-0.39, 0.29) is 18.1 Å². The van der Waals surface area contributed by atoms with Gasteiger partial charge in [-0.3, -0.25) is 14.4 Å². The van der Waals surface area contributed by atoms with E-state index >= 15 is 0 Å². The molecule has 1 aliphatic heterocycles. The first-order chi connectivity index (χ1) is 14.7. The minimum atomic E-state index is -1.03. The van der Waals surface area contributed by atoms with Gasteiger partial charge >= 0.3 is 11.9 Å². The maximum absolute atomic E-state index is 12.9. The predicted octanol–water partition coefficient (Wildman–Crippen LogP) is 3.15. The number of carbonyl (C=O) groups excluding carboxylic acids is 4. The van der Waals surface area contributed by atoms with Gasteiger partial charge in [0, 0.05) is 18.8 Å². The maximum atomic E-state index is 12.9. The van der Waals surface area contributed by atoms with Gasteiger partial charge in [-0.1, -0.05) is 6.07 Å². The first kappa shape index (κ1) is 22.7. The normalized spacial score (nSPS) is 17.2. The first-order valence-electron chi connectivity index (χ1n) is 10.1. The Labute approximate surface area is 184 Å². The minimum absolute atomic E-state index is 0.0931. The monoisotopic (exact) mass is 446 g/mol. The second kappa shape index (κ2) is 9.47. The highest BCUT2D eigenvalue weighted by Gasteiger charge is 2.33. The van der Waals surface area contributed by atoms with Gasteiger partial charge in [-0.15, -0.1) is 11.3 Å². The highest BCUT2D eigenvalue weighted by molar-refractivity contribution is 7.12. The molecule has 1 N–H and O–H groups in total. The van der Waals surface area contributed by atoms with Crippen molar-refractivity contribution in [1.29, 1.82) is 0 Å². The zero-order valence-corrected chi connectivity index (χ0v) is 18.8. The van der Waals surface area contributed by atoms with Gasteiger partial charge in [0.2, 0.25) is 5.78 Å². The molecule has 1 fully saturated rings. The lowest BCUT2D eigenvalue weighted by molar-refractivity contribution is -0.152. The van der Waals surface area contributed by atoms with Crippen molar-refractivity contribution in [2.45, 2.75) is 39.7 Å². The number of methoxy groups -OCH3 is 1. The summed E-state index contributed by atoms with van der Waals surface area (Å²) < 4.78 is 10.2. The van der Waals surface area contributed by atoms with Gasteiger partial charge < -0.3 is 19.4 Å². The number of ether oxygens (including phenoxy) is 2. The second-order valence-corrected chi connectivity index (χ2v) is 8.58. The number of nitrogens with one attached hydrogen (secondary N) is 1. The molecule has 3 rings (SSSR count). The lowest BCUT2D eigenvalue weighted by atomic mass is 9.98. The van der Waals surface area contributed by atoms with E-state index in [2.05, 4.69) is 4.98 Å². The van der Waals surface area contributed by atoms with Crippen LogP contribution in [0.1, 0.15) is 61.5 Å². The number of esters is 2. The fourth-order valence-electron chi connectivity index (χ4n) is 3.84. The number of aromatic nitrogens is 1. The average molecular weight is 447 g/mol. The first-order valence-corrected chi connectivity index (χ1v) is 11.0. The zero-order chi connectivity index (χ0) is 22.7. The van der Waals surface area contributed by atoms with Crippen LogP contribution in [0, 0.1) is 19.8 Å². The van der Waals surface area contributed by atoms with Crippen LogP contribution >= 0.6 is 11.3 Å². The predicted molar refractivity (Wildman–Crippen MR) is 114 cm³/mol. The number of hydrogen-bond donors (Lipinski definition) is 1. The van der Waals surface area contributed by atoms with Crippen molar-refractivity contribution < 1.29 is 28.7 Å². The summed E-state index contributed by atoms with van der Waals surface area (Å²) in [6.07, 6.45) is 0.260. The fourth-order valence-corrected chi connectivity index (χ4v) is 4.53. The van der Waals surface area contributed by atoms with E-state index in [0.717, 1.165) is 0 Å². The van der Waals surface area contributed by atoms with Crippen molar-refractivity contribution >= 4 is 35.0 Å². The Balaban J connectivity index is 1.65. The smallest absolute Gasteiger partial charge is 0.339 e. The molecule has 1 amide bonds. The third kappa shape index (κ3) is 4.71. The summed E-state index contributed by atoms with van der Waals surface area (Å²) in [4.78, 5) is 55.3. The number of hydrogen-bond acceptors (Lipinski definition) is 7. The molecule has 2 aromatic heterocycles. The molecule has 31 heavy (non-hydrogen) atoms. The molecule has 1 aliphatic rings. The van der Waals surface area contributed by atoms with Crippen LogP contribution in [0.15, 0.2) is 17.5 Å². The van der Waals surface area contributed by atoms with E-state index in [4.69, 9.17) is 9.47 Å². The topological polar surface area (TPSA) is 106 Å². The number of carbonyl (C=O) groups is 4. The van der Waals surface area contributed by atoms with Gasteiger partial charge in [0.05, 0.1) is 29.2 Å². The Morgan fingerprint density at radius 2 is 2.00 bits per heavy atom. The Bertz CT molecular complexity index is 994. The summed E-state index contributed by atoms with van der Waals surface area (Å²) in [5.74, 6) is -2.03. The van der Waals surface area contributed by atoms with Gasteiger partial charge in [-0.2, -0.15) is 0 Å². The summed E-state index contributed by atoms with van der Waals surface area (Å²) in [6, 6.07) is 3.58. The number of Topliss-reactive ketones (excluding diaryl/α,β-unsaturated/α-hetero) is 1. The van der Waals surface area contributed by atoms with Crippen LogP contribution < -0.4 is 0 Å². The lowest BCUT2D eigenvalue weighted by Gasteiger charge is -2.31. The molecular formula is C22H26N2O6S. The van der Waals surface area contributed by atoms with E-state index in [9.17, 15) is 19.2 Å². The Kier molecular flexibility index (Phi) is 6.94. The highest BCUT2D eigenvalue weighted by atomic mass is 32.1. The number of rotatable bonds is 6. The number of piperidine rings is 1. The minimum Gasteiger partial charge on any atom is -0.465 e. The van der Waals surface area contributed by atoms with Crippen LogP contribution in [0.4, 0.5) is 0 Å². The molecule has 3 heterocycles. The van der Waals surface area contributed by atoms with Gasteiger partial charge in [-0.25, -0.2) is 4.79 Å². The molecule has 2 aromatic rings. The van der Waals surface area contributed by atoms with Crippen LogP contribution in [0.2, 0.25) is 0 Å². The number of thiophene rings is 1. The van der Waals surface area contributed by atoms with Crippen molar-refractivity contribution in [2.75, 3.05) is 20.2 Å². The molecule has 8 nitrogen and oxygen atoms in total. The fraction of sp³-hybridized carbons (Fsp3) is 0.455. The van der Waals surface area contributed by atoms with E-state index in [1.807, 2.05) is 11.4 Å². The molecule has 2 atom stereocenters. The number of amides is 1. The zero-order valence-electron chi connectivity index (χ0n) is 18.0. The Morgan fingerprint density at radius 3 is 2.65 bits per heavy atom. The molecule has 0 aromatic carbocycles.